The molecule has 0 aromatic carbocycles. The Labute approximate surface area is 130 Å². The van der Waals surface area contributed by atoms with Crippen LogP contribution in [-0.2, 0) is 4.79 Å². The molecule has 0 aliphatic carbocycles. The second-order valence-corrected chi connectivity index (χ2v) is 6.42. The predicted octanol–water partition coefficient (Wildman–Crippen LogP) is 1.73. The number of rotatable bonds is 3. The first kappa shape index (κ1) is 15.1. The SMILES string of the molecule is CCCN1CCCC2(CCCN2C(=O)c2cc(C)[nH]n2)C1=O. The molecule has 2 aliphatic heterocycles. The number of aromatic nitrogens is 2. The number of nitrogens with one attached hydrogen (secondary N) is 1. The molecule has 0 bridgehead atoms. The number of nitrogens with zero attached hydrogens (tertiary/aromatic N) is 3. The molecule has 1 aromatic rings. The second kappa shape index (κ2) is 5.74. The molecule has 2 amide bonds. The average molecular weight is 304 g/mol. The van der Waals surface area contributed by atoms with E-state index in [1.165, 1.54) is 0 Å². The fourth-order valence-electron chi connectivity index (χ4n) is 3.87. The molecular weight excluding hydrogens is 280 g/mol. The normalized spacial score (nSPS) is 25.3. The first-order valence-electron chi connectivity index (χ1n) is 8.22. The lowest BCUT2D eigenvalue weighted by atomic mass is 9.85. The molecule has 1 atom stereocenters. The molecule has 3 heterocycles. The fraction of sp³-hybridized carbons (Fsp3) is 0.688. The quantitative estimate of drug-likeness (QED) is 0.924. The first-order chi connectivity index (χ1) is 10.6. The summed E-state index contributed by atoms with van der Waals surface area (Å²) >= 11 is 0. The van der Waals surface area contributed by atoms with E-state index >= 15 is 0 Å². The molecule has 1 spiro atoms. The van der Waals surface area contributed by atoms with Gasteiger partial charge in [0.15, 0.2) is 0 Å². The summed E-state index contributed by atoms with van der Waals surface area (Å²) in [7, 11) is 0. The van der Waals surface area contributed by atoms with Crippen molar-refractivity contribution in [3.8, 4) is 0 Å². The lowest BCUT2D eigenvalue weighted by Gasteiger charge is -2.44. The summed E-state index contributed by atoms with van der Waals surface area (Å²) < 4.78 is 0. The van der Waals surface area contributed by atoms with Crippen LogP contribution in [0.2, 0.25) is 0 Å². The zero-order valence-corrected chi connectivity index (χ0v) is 13.4. The highest BCUT2D eigenvalue weighted by atomic mass is 16.2. The van der Waals surface area contributed by atoms with Crippen LogP contribution in [0, 0.1) is 6.92 Å². The van der Waals surface area contributed by atoms with Gasteiger partial charge in [-0.3, -0.25) is 14.7 Å². The van der Waals surface area contributed by atoms with Gasteiger partial charge in [0.05, 0.1) is 0 Å². The minimum Gasteiger partial charge on any atom is -0.341 e. The van der Waals surface area contributed by atoms with Gasteiger partial charge in [-0.2, -0.15) is 5.10 Å². The van der Waals surface area contributed by atoms with E-state index in [9.17, 15) is 9.59 Å². The summed E-state index contributed by atoms with van der Waals surface area (Å²) in [6.07, 6.45) is 4.37. The van der Waals surface area contributed by atoms with Crippen molar-refractivity contribution in [2.24, 2.45) is 0 Å². The Bertz CT molecular complexity index is 580. The van der Waals surface area contributed by atoms with Crippen molar-refractivity contribution in [3.05, 3.63) is 17.5 Å². The largest absolute Gasteiger partial charge is 0.341 e. The lowest BCUT2D eigenvalue weighted by molar-refractivity contribution is -0.145. The van der Waals surface area contributed by atoms with Gasteiger partial charge in [-0.15, -0.1) is 0 Å². The van der Waals surface area contributed by atoms with Gasteiger partial charge >= 0.3 is 0 Å². The molecule has 6 nitrogen and oxygen atoms in total. The van der Waals surface area contributed by atoms with Crippen LogP contribution in [0.1, 0.15) is 55.2 Å². The number of carbonyl (C=O) groups excluding carboxylic acids is 2. The molecule has 1 aromatic heterocycles. The van der Waals surface area contributed by atoms with Gasteiger partial charge in [-0.05, 0) is 45.1 Å². The molecule has 120 valence electrons. The van der Waals surface area contributed by atoms with Crippen LogP contribution in [-0.4, -0.2) is 57.0 Å². The third kappa shape index (κ3) is 2.30. The Balaban J connectivity index is 1.88. The van der Waals surface area contributed by atoms with Crippen molar-refractivity contribution >= 4 is 11.8 Å². The van der Waals surface area contributed by atoms with Crippen LogP contribution >= 0.6 is 0 Å². The van der Waals surface area contributed by atoms with Crippen LogP contribution in [0.3, 0.4) is 0 Å². The summed E-state index contributed by atoms with van der Waals surface area (Å²) in [4.78, 5) is 29.5. The molecule has 3 rings (SSSR count). The zero-order chi connectivity index (χ0) is 15.7. The summed E-state index contributed by atoms with van der Waals surface area (Å²) in [6.45, 7) is 6.20. The smallest absolute Gasteiger partial charge is 0.275 e. The van der Waals surface area contributed by atoms with Crippen molar-refractivity contribution < 1.29 is 9.59 Å². The van der Waals surface area contributed by atoms with Gasteiger partial charge in [0.2, 0.25) is 5.91 Å². The summed E-state index contributed by atoms with van der Waals surface area (Å²) in [6, 6.07) is 1.76. The standard InChI is InChI=1S/C16H24N4O2/c1-3-8-19-9-4-6-16(15(19)22)7-5-10-20(16)14(21)13-11-12(2)17-18-13/h11H,3-10H2,1-2H3,(H,17,18). The monoisotopic (exact) mass is 304 g/mol. The second-order valence-electron chi connectivity index (χ2n) is 6.42. The molecular formula is C16H24N4O2. The molecule has 1 unspecified atom stereocenters. The topological polar surface area (TPSA) is 69.3 Å². The lowest BCUT2D eigenvalue weighted by Crippen LogP contribution is -2.61. The summed E-state index contributed by atoms with van der Waals surface area (Å²) in [5, 5.41) is 6.89. The minimum atomic E-state index is -0.628. The van der Waals surface area contributed by atoms with Crippen LogP contribution in [0.15, 0.2) is 6.07 Å². The van der Waals surface area contributed by atoms with E-state index in [4.69, 9.17) is 0 Å². The van der Waals surface area contributed by atoms with Crippen LogP contribution < -0.4 is 0 Å². The minimum absolute atomic E-state index is 0.117. The van der Waals surface area contributed by atoms with Gasteiger partial charge < -0.3 is 9.80 Å². The maximum absolute atomic E-state index is 13.0. The maximum atomic E-state index is 13.0. The van der Waals surface area contributed by atoms with Gasteiger partial charge in [0.25, 0.3) is 5.91 Å². The van der Waals surface area contributed by atoms with Gasteiger partial charge in [0.1, 0.15) is 11.2 Å². The molecule has 22 heavy (non-hydrogen) atoms. The van der Waals surface area contributed by atoms with Crippen molar-refractivity contribution in [3.63, 3.8) is 0 Å². The number of hydrogen-bond acceptors (Lipinski definition) is 3. The zero-order valence-electron chi connectivity index (χ0n) is 13.4. The number of piperidine rings is 1. The number of amides is 2. The Morgan fingerprint density at radius 2 is 2.09 bits per heavy atom. The van der Waals surface area contributed by atoms with E-state index in [2.05, 4.69) is 17.1 Å². The third-order valence-corrected chi connectivity index (χ3v) is 4.86. The van der Waals surface area contributed by atoms with E-state index in [-0.39, 0.29) is 11.8 Å². The van der Waals surface area contributed by atoms with Crippen molar-refractivity contribution in [2.75, 3.05) is 19.6 Å². The first-order valence-corrected chi connectivity index (χ1v) is 8.22. The van der Waals surface area contributed by atoms with Crippen LogP contribution in [0.25, 0.3) is 0 Å². The highest BCUT2D eigenvalue weighted by Gasteiger charge is 2.52. The summed E-state index contributed by atoms with van der Waals surface area (Å²) in [5.41, 5.74) is 0.649. The third-order valence-electron chi connectivity index (χ3n) is 4.86. The van der Waals surface area contributed by atoms with Crippen molar-refractivity contribution in [1.82, 2.24) is 20.0 Å². The molecule has 1 N–H and O–H groups in total. The van der Waals surface area contributed by atoms with Gasteiger partial charge in [-0.1, -0.05) is 6.92 Å². The number of hydrogen-bond donors (Lipinski definition) is 1. The Hall–Kier alpha value is -1.85. The predicted molar refractivity (Wildman–Crippen MR) is 82.4 cm³/mol. The number of H-pyrrole nitrogens is 1. The molecule has 2 aliphatic rings. The van der Waals surface area contributed by atoms with E-state index in [0.717, 1.165) is 50.9 Å². The van der Waals surface area contributed by atoms with E-state index < -0.39 is 5.54 Å². The van der Waals surface area contributed by atoms with E-state index in [1.807, 2.05) is 11.8 Å². The van der Waals surface area contributed by atoms with Crippen LogP contribution in [0.4, 0.5) is 0 Å². The van der Waals surface area contributed by atoms with Crippen molar-refractivity contribution in [2.45, 2.75) is 51.5 Å². The number of carbonyl (C=O) groups is 2. The van der Waals surface area contributed by atoms with Crippen molar-refractivity contribution in [1.29, 1.82) is 0 Å². The van der Waals surface area contributed by atoms with Gasteiger partial charge in [0, 0.05) is 25.3 Å². The highest BCUT2D eigenvalue weighted by molar-refractivity contribution is 5.99. The average Bonchev–Trinajstić information content (AvgIpc) is 3.11. The molecule has 0 saturated carbocycles. The Morgan fingerprint density at radius 3 is 2.73 bits per heavy atom. The molecule has 0 radical (unpaired) electrons. The van der Waals surface area contributed by atoms with E-state index in [0.29, 0.717) is 12.2 Å². The Kier molecular flexibility index (Phi) is 3.93. The Morgan fingerprint density at radius 1 is 1.36 bits per heavy atom. The number of aryl methyl sites for hydroxylation is 1. The molecule has 2 saturated heterocycles. The van der Waals surface area contributed by atoms with E-state index in [1.54, 1.807) is 11.0 Å². The van der Waals surface area contributed by atoms with Crippen LogP contribution in [0.5, 0.6) is 0 Å². The number of aromatic amines is 1. The molecule has 6 heteroatoms. The maximum Gasteiger partial charge on any atom is 0.275 e. The highest BCUT2D eigenvalue weighted by Crippen LogP contribution is 2.39. The molecule has 2 fully saturated rings. The fourth-order valence-corrected chi connectivity index (χ4v) is 3.87. The summed E-state index contributed by atoms with van der Waals surface area (Å²) in [5.74, 6) is 0.0206. The number of likely N-dealkylation sites (tertiary alicyclic amines) is 2. The van der Waals surface area contributed by atoms with Gasteiger partial charge in [-0.25, -0.2) is 0 Å².